The zero-order valence-corrected chi connectivity index (χ0v) is 5.46. The average Bonchev–Trinajstić information content (AvgIpc) is 1.88. The molecule has 0 aromatic carbocycles. The monoisotopic (exact) mass is 136 g/mol. The Morgan fingerprint density at radius 3 is 3.10 bits per heavy atom. The van der Waals surface area contributed by atoms with Crippen LogP contribution in [0.5, 0.6) is 0 Å². The lowest BCUT2D eigenvalue weighted by Gasteiger charge is -1.95. The summed E-state index contributed by atoms with van der Waals surface area (Å²) < 4.78 is 0. The summed E-state index contributed by atoms with van der Waals surface area (Å²) in [5, 5.41) is 2.48. The van der Waals surface area contributed by atoms with E-state index < -0.39 is 0 Å². The number of aromatic nitrogens is 2. The van der Waals surface area contributed by atoms with Crippen LogP contribution in [-0.2, 0) is 4.79 Å². The normalized spacial score (nSPS) is 8.90. The van der Waals surface area contributed by atoms with Gasteiger partial charge in [0.1, 0.15) is 5.82 Å². The first kappa shape index (κ1) is 6.67. The third kappa shape index (κ3) is 1.81. The molecule has 0 aliphatic heterocycles. The average molecular weight is 136 g/mol. The first-order valence-electron chi connectivity index (χ1n) is 2.76. The van der Waals surface area contributed by atoms with E-state index in [4.69, 9.17) is 0 Å². The molecule has 1 aromatic heterocycles. The summed E-state index contributed by atoms with van der Waals surface area (Å²) >= 11 is 0. The highest BCUT2D eigenvalue weighted by Gasteiger charge is 1.92. The lowest BCUT2D eigenvalue weighted by molar-refractivity contribution is -0.114. The summed E-state index contributed by atoms with van der Waals surface area (Å²) in [6.45, 7) is 1.42. The van der Waals surface area contributed by atoms with Crippen molar-refractivity contribution in [3.05, 3.63) is 18.6 Å². The molecule has 0 spiro atoms. The quantitative estimate of drug-likeness (QED) is 0.601. The zero-order chi connectivity index (χ0) is 7.40. The number of nitrogens with one attached hydrogen (secondary N) is 1. The third-order valence-electron chi connectivity index (χ3n) is 0.839. The van der Waals surface area contributed by atoms with Crippen LogP contribution in [0.2, 0.25) is 0 Å². The van der Waals surface area contributed by atoms with Crippen molar-refractivity contribution in [3.8, 4) is 0 Å². The van der Waals surface area contributed by atoms with E-state index in [9.17, 15) is 4.79 Å². The van der Waals surface area contributed by atoms with Crippen molar-refractivity contribution >= 4 is 11.7 Å². The van der Waals surface area contributed by atoms with Crippen molar-refractivity contribution in [1.82, 2.24) is 9.97 Å². The second-order valence-electron chi connectivity index (χ2n) is 1.72. The van der Waals surface area contributed by atoms with Crippen molar-refractivity contribution in [3.63, 3.8) is 0 Å². The molecule has 10 heavy (non-hydrogen) atoms. The standard InChI is InChI=1S/C6H6N3O/c1-5(10)9-6-2-3-7-4-8-6/h2-3H,1H3,(H,7,8,9,10). The Bertz CT molecular complexity index is 222. The van der Waals surface area contributed by atoms with Gasteiger partial charge < -0.3 is 5.32 Å². The number of anilines is 1. The van der Waals surface area contributed by atoms with Crippen LogP contribution in [-0.4, -0.2) is 15.9 Å². The fourth-order valence-electron chi connectivity index (χ4n) is 0.511. The Morgan fingerprint density at radius 2 is 2.60 bits per heavy atom. The Hall–Kier alpha value is -1.45. The van der Waals surface area contributed by atoms with Crippen molar-refractivity contribution < 1.29 is 4.79 Å². The Balaban J connectivity index is 2.67. The van der Waals surface area contributed by atoms with Crippen LogP contribution in [0.4, 0.5) is 5.82 Å². The van der Waals surface area contributed by atoms with E-state index in [1.54, 1.807) is 6.07 Å². The summed E-state index contributed by atoms with van der Waals surface area (Å²) in [7, 11) is 0. The Labute approximate surface area is 58.3 Å². The first-order chi connectivity index (χ1) is 4.79. The molecule has 4 nitrogen and oxygen atoms in total. The van der Waals surface area contributed by atoms with Crippen molar-refractivity contribution in [2.45, 2.75) is 6.92 Å². The zero-order valence-electron chi connectivity index (χ0n) is 5.46. The molecule has 0 saturated heterocycles. The van der Waals surface area contributed by atoms with E-state index >= 15 is 0 Å². The van der Waals surface area contributed by atoms with Crippen LogP contribution in [0.15, 0.2) is 12.3 Å². The molecule has 0 atom stereocenters. The molecule has 1 heterocycles. The molecule has 0 bridgehead atoms. The van der Waals surface area contributed by atoms with E-state index in [1.165, 1.54) is 13.1 Å². The van der Waals surface area contributed by atoms with Gasteiger partial charge >= 0.3 is 0 Å². The minimum absolute atomic E-state index is 0.146. The van der Waals surface area contributed by atoms with Gasteiger partial charge in [0.25, 0.3) is 0 Å². The number of hydrogen-bond donors (Lipinski definition) is 1. The van der Waals surface area contributed by atoms with Crippen molar-refractivity contribution in [2.24, 2.45) is 0 Å². The minimum Gasteiger partial charge on any atom is -0.311 e. The second-order valence-corrected chi connectivity index (χ2v) is 1.72. The molecular weight excluding hydrogens is 130 g/mol. The Kier molecular flexibility index (Phi) is 1.94. The number of nitrogens with zero attached hydrogens (tertiary/aromatic N) is 2. The maximum Gasteiger partial charge on any atom is 0.222 e. The highest BCUT2D eigenvalue weighted by Crippen LogP contribution is 1.95. The fraction of sp³-hybridized carbons (Fsp3) is 0.167. The van der Waals surface area contributed by atoms with Gasteiger partial charge in [0.05, 0.1) is 0 Å². The SMILES string of the molecule is CC(=O)Nc1ccn[c]n1. The number of carbonyl (C=O) groups excluding carboxylic acids is 1. The predicted octanol–water partition coefficient (Wildman–Crippen LogP) is 0.235. The van der Waals surface area contributed by atoms with Gasteiger partial charge in [0.2, 0.25) is 5.91 Å². The molecule has 0 aliphatic carbocycles. The molecule has 51 valence electrons. The van der Waals surface area contributed by atoms with Crippen LogP contribution in [0.3, 0.4) is 0 Å². The van der Waals surface area contributed by atoms with Gasteiger partial charge in [-0.15, -0.1) is 0 Å². The maximum absolute atomic E-state index is 10.4. The second kappa shape index (κ2) is 2.91. The maximum atomic E-state index is 10.4. The number of amides is 1. The number of hydrogen-bond acceptors (Lipinski definition) is 3. The van der Waals surface area contributed by atoms with E-state index in [0.717, 1.165) is 0 Å². The molecular formula is C6H6N3O. The summed E-state index contributed by atoms with van der Waals surface area (Å²) in [6.07, 6.45) is 3.86. The van der Waals surface area contributed by atoms with Crippen LogP contribution in [0, 0.1) is 6.33 Å². The third-order valence-corrected chi connectivity index (χ3v) is 0.839. The van der Waals surface area contributed by atoms with Gasteiger partial charge in [-0.3, -0.25) is 4.79 Å². The molecule has 1 aromatic rings. The highest BCUT2D eigenvalue weighted by atomic mass is 16.1. The van der Waals surface area contributed by atoms with Crippen LogP contribution in [0.25, 0.3) is 0 Å². The molecule has 4 heteroatoms. The lowest BCUT2D eigenvalue weighted by Crippen LogP contribution is -2.06. The molecule has 1 radical (unpaired) electrons. The molecule has 1 amide bonds. The molecule has 0 unspecified atom stereocenters. The van der Waals surface area contributed by atoms with Crippen molar-refractivity contribution in [2.75, 3.05) is 5.32 Å². The fourth-order valence-corrected chi connectivity index (χ4v) is 0.511. The van der Waals surface area contributed by atoms with E-state index in [0.29, 0.717) is 5.82 Å². The molecule has 0 saturated carbocycles. The molecule has 1 N–H and O–H groups in total. The first-order valence-corrected chi connectivity index (χ1v) is 2.76. The van der Waals surface area contributed by atoms with Gasteiger partial charge in [-0.05, 0) is 6.07 Å². The van der Waals surface area contributed by atoms with Gasteiger partial charge in [-0.25, -0.2) is 9.97 Å². The Morgan fingerprint density at radius 1 is 1.80 bits per heavy atom. The highest BCUT2D eigenvalue weighted by molar-refractivity contribution is 5.87. The number of rotatable bonds is 1. The van der Waals surface area contributed by atoms with E-state index in [1.807, 2.05) is 0 Å². The topological polar surface area (TPSA) is 54.9 Å². The number of carbonyl (C=O) groups is 1. The van der Waals surface area contributed by atoms with Gasteiger partial charge in [0.15, 0.2) is 6.33 Å². The van der Waals surface area contributed by atoms with Crippen molar-refractivity contribution in [1.29, 1.82) is 0 Å². The summed E-state index contributed by atoms with van der Waals surface area (Å²) in [5.41, 5.74) is 0. The lowest BCUT2D eigenvalue weighted by atomic mass is 10.5. The van der Waals surface area contributed by atoms with Crippen LogP contribution in [0.1, 0.15) is 6.92 Å². The predicted molar refractivity (Wildman–Crippen MR) is 35.2 cm³/mol. The van der Waals surface area contributed by atoms with Crippen LogP contribution < -0.4 is 5.32 Å². The summed E-state index contributed by atoms with van der Waals surface area (Å²) in [6, 6.07) is 1.60. The molecule has 1 rings (SSSR count). The van der Waals surface area contributed by atoms with Gasteiger partial charge in [0, 0.05) is 13.1 Å². The van der Waals surface area contributed by atoms with Gasteiger partial charge in [-0.1, -0.05) is 0 Å². The smallest absolute Gasteiger partial charge is 0.222 e. The van der Waals surface area contributed by atoms with Crippen LogP contribution >= 0.6 is 0 Å². The largest absolute Gasteiger partial charge is 0.311 e. The van der Waals surface area contributed by atoms with E-state index in [2.05, 4.69) is 21.6 Å². The van der Waals surface area contributed by atoms with Gasteiger partial charge in [-0.2, -0.15) is 0 Å². The molecule has 0 aliphatic rings. The summed E-state index contributed by atoms with van der Waals surface area (Å²) in [4.78, 5) is 17.6. The van der Waals surface area contributed by atoms with E-state index in [-0.39, 0.29) is 5.91 Å². The minimum atomic E-state index is -0.146. The summed E-state index contributed by atoms with van der Waals surface area (Å²) in [5.74, 6) is 0.328. The molecule has 0 fully saturated rings.